The van der Waals surface area contributed by atoms with E-state index in [0.29, 0.717) is 11.4 Å². The van der Waals surface area contributed by atoms with Crippen LogP contribution in [0.3, 0.4) is 0 Å². The van der Waals surface area contributed by atoms with Crippen LogP contribution in [0.15, 0.2) is 23.4 Å². The highest BCUT2D eigenvalue weighted by Crippen LogP contribution is 2.20. The van der Waals surface area contributed by atoms with Crippen molar-refractivity contribution in [1.82, 2.24) is 9.97 Å². The van der Waals surface area contributed by atoms with Crippen molar-refractivity contribution in [3.8, 4) is 6.07 Å². The lowest BCUT2D eigenvalue weighted by molar-refractivity contribution is 1.08. The summed E-state index contributed by atoms with van der Waals surface area (Å²) in [7, 11) is 0. The van der Waals surface area contributed by atoms with Gasteiger partial charge < -0.3 is 10.7 Å². The second-order valence-electron chi connectivity index (χ2n) is 2.77. The van der Waals surface area contributed by atoms with Crippen molar-refractivity contribution >= 4 is 28.5 Å². The highest BCUT2D eigenvalue weighted by molar-refractivity contribution is 7.99. The summed E-state index contributed by atoms with van der Waals surface area (Å²) in [6.07, 6.45) is 0. The van der Waals surface area contributed by atoms with Crippen molar-refractivity contribution in [2.24, 2.45) is 0 Å². The summed E-state index contributed by atoms with van der Waals surface area (Å²) >= 11 is 1.38. The monoisotopic (exact) mass is 204 g/mol. The number of hydrogen-bond donors (Lipinski definition) is 2. The molecule has 0 radical (unpaired) electrons. The maximum Gasteiger partial charge on any atom is 0.167 e. The molecule has 0 bridgehead atoms. The second-order valence-corrected chi connectivity index (χ2v) is 3.73. The SMILES string of the molecule is N#CCSc1nc2ccc(N)cc2[nH]1. The third kappa shape index (κ3) is 1.65. The molecule has 3 N–H and O–H groups in total. The third-order valence-electron chi connectivity index (χ3n) is 1.76. The van der Waals surface area contributed by atoms with Gasteiger partial charge in [-0.15, -0.1) is 0 Å². The van der Waals surface area contributed by atoms with Gasteiger partial charge in [0.2, 0.25) is 0 Å². The topological polar surface area (TPSA) is 78.5 Å². The van der Waals surface area contributed by atoms with E-state index in [9.17, 15) is 0 Å². The predicted octanol–water partition coefficient (Wildman–Crippen LogP) is 1.76. The number of aromatic nitrogens is 2. The number of nitrogens with two attached hydrogens (primary N) is 1. The first-order chi connectivity index (χ1) is 6.79. The molecule has 0 spiro atoms. The van der Waals surface area contributed by atoms with Crippen LogP contribution in [0.1, 0.15) is 0 Å². The highest BCUT2D eigenvalue weighted by atomic mass is 32.2. The Hall–Kier alpha value is -1.67. The summed E-state index contributed by atoms with van der Waals surface area (Å²) in [6, 6.07) is 7.55. The van der Waals surface area contributed by atoms with Gasteiger partial charge in [0.25, 0.3) is 0 Å². The van der Waals surface area contributed by atoms with Gasteiger partial charge in [-0.2, -0.15) is 5.26 Å². The Balaban J connectivity index is 2.37. The summed E-state index contributed by atoms with van der Waals surface area (Å²) in [5, 5.41) is 9.17. The molecule has 1 heterocycles. The average molecular weight is 204 g/mol. The molecule has 2 rings (SSSR count). The van der Waals surface area contributed by atoms with Crippen LogP contribution < -0.4 is 5.73 Å². The van der Waals surface area contributed by atoms with Crippen LogP contribution in [0.2, 0.25) is 0 Å². The molecule has 0 aliphatic heterocycles. The number of anilines is 1. The Morgan fingerprint density at radius 3 is 3.21 bits per heavy atom. The Bertz CT molecular complexity index is 497. The fourth-order valence-electron chi connectivity index (χ4n) is 1.17. The number of nitrogens with one attached hydrogen (secondary N) is 1. The first-order valence-electron chi connectivity index (χ1n) is 4.04. The van der Waals surface area contributed by atoms with E-state index in [1.165, 1.54) is 11.8 Å². The minimum absolute atomic E-state index is 0.398. The smallest absolute Gasteiger partial charge is 0.167 e. The number of fused-ring (bicyclic) bond motifs is 1. The fourth-order valence-corrected chi connectivity index (χ4v) is 1.72. The lowest BCUT2D eigenvalue weighted by Crippen LogP contribution is -1.82. The second kappa shape index (κ2) is 3.60. The van der Waals surface area contributed by atoms with Crippen molar-refractivity contribution in [3.63, 3.8) is 0 Å². The first-order valence-corrected chi connectivity index (χ1v) is 5.03. The van der Waals surface area contributed by atoms with E-state index in [1.807, 2.05) is 18.2 Å². The molecule has 0 saturated heterocycles. The Labute approximate surface area is 85.1 Å². The molecule has 5 heteroatoms. The maximum atomic E-state index is 8.41. The summed E-state index contributed by atoms with van der Waals surface area (Å²) in [4.78, 5) is 7.38. The summed E-state index contributed by atoms with van der Waals surface area (Å²) in [5.41, 5.74) is 8.12. The van der Waals surface area contributed by atoms with E-state index >= 15 is 0 Å². The lowest BCUT2D eigenvalue weighted by Gasteiger charge is -1.89. The van der Waals surface area contributed by atoms with Crippen LogP contribution in [-0.4, -0.2) is 15.7 Å². The number of nitrogens with zero attached hydrogens (tertiary/aromatic N) is 2. The molecule has 1 aromatic carbocycles. The van der Waals surface area contributed by atoms with Crippen molar-refractivity contribution in [2.45, 2.75) is 5.16 Å². The molecule has 1 aromatic heterocycles. The van der Waals surface area contributed by atoms with E-state index in [4.69, 9.17) is 11.0 Å². The van der Waals surface area contributed by atoms with E-state index < -0.39 is 0 Å². The Morgan fingerprint density at radius 1 is 1.57 bits per heavy atom. The zero-order chi connectivity index (χ0) is 9.97. The zero-order valence-electron chi connectivity index (χ0n) is 7.32. The highest BCUT2D eigenvalue weighted by Gasteiger charge is 2.02. The first kappa shape index (κ1) is 8.91. The summed E-state index contributed by atoms with van der Waals surface area (Å²) in [6.45, 7) is 0. The molecule has 4 nitrogen and oxygen atoms in total. The summed E-state index contributed by atoms with van der Waals surface area (Å²) in [5.74, 6) is 0.398. The van der Waals surface area contributed by atoms with Gasteiger partial charge in [-0.3, -0.25) is 0 Å². The van der Waals surface area contributed by atoms with E-state index in [1.54, 1.807) is 0 Å². The molecule has 0 amide bonds. The molecule has 14 heavy (non-hydrogen) atoms. The molecule has 70 valence electrons. The number of aromatic amines is 1. The predicted molar refractivity (Wildman–Crippen MR) is 56.8 cm³/mol. The van der Waals surface area contributed by atoms with Crippen molar-refractivity contribution in [1.29, 1.82) is 5.26 Å². The van der Waals surface area contributed by atoms with Gasteiger partial charge in [0.15, 0.2) is 5.16 Å². The molecule has 0 saturated carbocycles. The molecule has 0 unspecified atom stereocenters. The minimum atomic E-state index is 0.398. The molecule has 0 aliphatic carbocycles. The van der Waals surface area contributed by atoms with Gasteiger partial charge in [0.05, 0.1) is 22.9 Å². The number of rotatable bonds is 2. The van der Waals surface area contributed by atoms with Gasteiger partial charge in [-0.25, -0.2) is 4.98 Å². The molecular formula is C9H8N4S. The molecule has 0 aliphatic rings. The third-order valence-corrected chi connectivity index (χ3v) is 2.50. The van der Waals surface area contributed by atoms with Crippen LogP contribution in [0, 0.1) is 11.3 Å². The van der Waals surface area contributed by atoms with Crippen molar-refractivity contribution in [3.05, 3.63) is 18.2 Å². The quantitative estimate of drug-likeness (QED) is 0.577. The maximum absolute atomic E-state index is 8.41. The van der Waals surface area contributed by atoms with E-state index in [-0.39, 0.29) is 0 Å². The average Bonchev–Trinajstić information content (AvgIpc) is 2.56. The van der Waals surface area contributed by atoms with Crippen LogP contribution in [0.4, 0.5) is 5.69 Å². The van der Waals surface area contributed by atoms with Crippen molar-refractivity contribution < 1.29 is 0 Å². The normalized spacial score (nSPS) is 10.2. The van der Waals surface area contributed by atoms with Crippen LogP contribution in [-0.2, 0) is 0 Å². The van der Waals surface area contributed by atoms with Crippen LogP contribution in [0.5, 0.6) is 0 Å². The van der Waals surface area contributed by atoms with Gasteiger partial charge in [0, 0.05) is 5.69 Å². The number of H-pyrrole nitrogens is 1. The van der Waals surface area contributed by atoms with Gasteiger partial charge in [-0.05, 0) is 18.2 Å². The largest absolute Gasteiger partial charge is 0.399 e. The molecule has 0 atom stereocenters. The van der Waals surface area contributed by atoms with E-state index in [0.717, 1.165) is 16.2 Å². The van der Waals surface area contributed by atoms with Crippen molar-refractivity contribution in [2.75, 3.05) is 11.5 Å². The van der Waals surface area contributed by atoms with Gasteiger partial charge >= 0.3 is 0 Å². The lowest BCUT2D eigenvalue weighted by atomic mass is 10.3. The standard InChI is InChI=1S/C9H8N4S/c10-3-4-14-9-12-7-2-1-6(11)5-8(7)13-9/h1-2,5H,4,11H2,(H,12,13). The Morgan fingerprint density at radius 2 is 2.43 bits per heavy atom. The molecule has 2 aromatic rings. The number of thioether (sulfide) groups is 1. The molecule has 0 fully saturated rings. The van der Waals surface area contributed by atoms with Crippen LogP contribution >= 0.6 is 11.8 Å². The zero-order valence-corrected chi connectivity index (χ0v) is 8.14. The molecular weight excluding hydrogens is 196 g/mol. The summed E-state index contributed by atoms with van der Waals surface area (Å²) < 4.78 is 0. The minimum Gasteiger partial charge on any atom is -0.399 e. The number of nitrogen functional groups attached to an aromatic ring is 1. The number of imidazole rings is 1. The number of hydrogen-bond acceptors (Lipinski definition) is 4. The number of nitriles is 1. The Kier molecular flexibility index (Phi) is 2.29. The number of benzene rings is 1. The van der Waals surface area contributed by atoms with Gasteiger partial charge in [0.1, 0.15) is 0 Å². The fraction of sp³-hybridized carbons (Fsp3) is 0.111. The van der Waals surface area contributed by atoms with Gasteiger partial charge in [-0.1, -0.05) is 11.8 Å². The van der Waals surface area contributed by atoms with Crippen LogP contribution in [0.25, 0.3) is 11.0 Å². The van der Waals surface area contributed by atoms with E-state index in [2.05, 4.69) is 16.0 Å².